The zero-order valence-electron chi connectivity index (χ0n) is 13.3. The zero-order chi connectivity index (χ0) is 17.6. The van der Waals surface area contributed by atoms with Crippen molar-refractivity contribution < 1.29 is 17.9 Å². The molecule has 0 radical (unpaired) electrons. The van der Waals surface area contributed by atoms with Crippen molar-refractivity contribution in [3.05, 3.63) is 35.8 Å². The van der Waals surface area contributed by atoms with Gasteiger partial charge in [0.05, 0.1) is 25.1 Å². The number of aromatic nitrogens is 3. The summed E-state index contributed by atoms with van der Waals surface area (Å²) < 4.78 is 45.1. The summed E-state index contributed by atoms with van der Waals surface area (Å²) >= 11 is 0. The average Bonchev–Trinajstić information content (AvgIpc) is 2.64. The third-order valence-corrected chi connectivity index (χ3v) is 3.68. The van der Waals surface area contributed by atoms with Crippen molar-refractivity contribution >= 4 is 17.5 Å². The van der Waals surface area contributed by atoms with Crippen LogP contribution in [-0.4, -0.2) is 59.5 Å². The number of halogens is 3. The molecule has 1 aliphatic rings. The molecule has 0 atom stereocenters. The highest BCUT2D eigenvalue weighted by Crippen LogP contribution is 2.22. The van der Waals surface area contributed by atoms with E-state index < -0.39 is 17.5 Å². The Hall–Kier alpha value is -2.46. The van der Waals surface area contributed by atoms with Crippen molar-refractivity contribution in [3.63, 3.8) is 0 Å². The molecule has 1 aromatic heterocycles. The maximum atomic E-state index is 13.7. The minimum absolute atomic E-state index is 0.0266. The summed E-state index contributed by atoms with van der Waals surface area (Å²) in [5.41, 5.74) is -0.272. The van der Waals surface area contributed by atoms with Crippen LogP contribution < -0.4 is 10.6 Å². The van der Waals surface area contributed by atoms with Gasteiger partial charge in [0, 0.05) is 26.2 Å². The second-order valence-electron chi connectivity index (χ2n) is 5.39. The highest BCUT2D eigenvalue weighted by molar-refractivity contribution is 5.55. The molecular weight excluding hydrogens is 337 g/mol. The normalized spacial score (nSPS) is 15.2. The van der Waals surface area contributed by atoms with Gasteiger partial charge in [0.2, 0.25) is 5.95 Å². The largest absolute Gasteiger partial charge is 0.379 e. The Bertz CT molecular complexity index is 726. The van der Waals surface area contributed by atoms with Gasteiger partial charge >= 0.3 is 0 Å². The molecule has 25 heavy (non-hydrogen) atoms. The molecule has 2 heterocycles. The van der Waals surface area contributed by atoms with Gasteiger partial charge in [0.1, 0.15) is 0 Å². The molecule has 10 heteroatoms. The third kappa shape index (κ3) is 4.54. The van der Waals surface area contributed by atoms with Gasteiger partial charge in [-0.3, -0.25) is 4.90 Å². The number of morpholine rings is 1. The molecule has 1 aromatic carbocycles. The molecule has 1 aliphatic heterocycles. The summed E-state index contributed by atoms with van der Waals surface area (Å²) in [6.07, 6.45) is 1.42. The number of anilines is 3. The van der Waals surface area contributed by atoms with Crippen LogP contribution >= 0.6 is 0 Å². The summed E-state index contributed by atoms with van der Waals surface area (Å²) in [4.78, 5) is 6.37. The van der Waals surface area contributed by atoms with E-state index in [4.69, 9.17) is 4.74 Å². The molecule has 3 rings (SSSR count). The van der Waals surface area contributed by atoms with Crippen LogP contribution in [0.2, 0.25) is 0 Å². The summed E-state index contributed by atoms with van der Waals surface area (Å²) in [5, 5.41) is 13.0. The number of nitrogens with one attached hydrogen (secondary N) is 2. The lowest BCUT2D eigenvalue weighted by molar-refractivity contribution is 0.0398. The van der Waals surface area contributed by atoms with Crippen LogP contribution in [0, 0.1) is 17.5 Å². The van der Waals surface area contributed by atoms with Crippen LogP contribution in [-0.2, 0) is 4.74 Å². The first kappa shape index (κ1) is 17.4. The van der Waals surface area contributed by atoms with Gasteiger partial charge in [0.15, 0.2) is 23.3 Å². The van der Waals surface area contributed by atoms with Crippen LogP contribution in [0.3, 0.4) is 0 Å². The molecule has 0 unspecified atom stereocenters. The van der Waals surface area contributed by atoms with Crippen molar-refractivity contribution in [3.8, 4) is 0 Å². The van der Waals surface area contributed by atoms with E-state index in [-0.39, 0.29) is 11.6 Å². The number of hydrogen-bond donors (Lipinski definition) is 2. The second kappa shape index (κ2) is 8.08. The standard InChI is InChI=1S/C15H17F3N6O/c16-10-1-2-11(14(18)13(10)17)21-15-22-12(9-20-23-15)19-3-4-24-5-7-25-8-6-24/h1-2,9H,3-8H2,(H2,19,21,22,23). The molecule has 7 nitrogen and oxygen atoms in total. The van der Waals surface area contributed by atoms with Gasteiger partial charge in [0.25, 0.3) is 0 Å². The zero-order valence-corrected chi connectivity index (χ0v) is 13.3. The molecule has 0 amide bonds. The highest BCUT2D eigenvalue weighted by atomic mass is 19.2. The first-order chi connectivity index (χ1) is 12.1. The van der Waals surface area contributed by atoms with Gasteiger partial charge in [-0.2, -0.15) is 10.1 Å². The third-order valence-electron chi connectivity index (χ3n) is 3.68. The number of benzene rings is 1. The number of ether oxygens (including phenoxy) is 1. The summed E-state index contributed by atoms with van der Waals surface area (Å²) in [7, 11) is 0. The fraction of sp³-hybridized carbons (Fsp3) is 0.400. The van der Waals surface area contributed by atoms with E-state index in [1.807, 2.05) is 0 Å². The fourth-order valence-corrected chi connectivity index (χ4v) is 2.35. The molecule has 1 saturated heterocycles. The van der Waals surface area contributed by atoms with Crippen molar-refractivity contribution in [2.75, 3.05) is 50.0 Å². The SMILES string of the molecule is Fc1ccc(Nc2nncc(NCCN3CCOCC3)n2)c(F)c1F. The first-order valence-corrected chi connectivity index (χ1v) is 7.77. The van der Waals surface area contributed by atoms with Crippen LogP contribution in [0.4, 0.5) is 30.6 Å². The minimum Gasteiger partial charge on any atom is -0.379 e. The smallest absolute Gasteiger partial charge is 0.249 e. The Morgan fingerprint density at radius 2 is 1.92 bits per heavy atom. The van der Waals surface area contributed by atoms with E-state index in [0.29, 0.717) is 12.4 Å². The van der Waals surface area contributed by atoms with Crippen LogP contribution in [0.5, 0.6) is 0 Å². The molecule has 134 valence electrons. The maximum absolute atomic E-state index is 13.7. The van der Waals surface area contributed by atoms with Crippen molar-refractivity contribution in [1.29, 1.82) is 0 Å². The second-order valence-corrected chi connectivity index (χ2v) is 5.39. The molecule has 2 N–H and O–H groups in total. The number of hydrogen-bond acceptors (Lipinski definition) is 7. The summed E-state index contributed by atoms with van der Waals surface area (Å²) in [5.74, 6) is -3.75. The van der Waals surface area contributed by atoms with Crippen LogP contribution in [0.15, 0.2) is 18.3 Å². The molecule has 0 aliphatic carbocycles. The Morgan fingerprint density at radius 3 is 2.72 bits per heavy atom. The number of rotatable bonds is 6. The van der Waals surface area contributed by atoms with Crippen molar-refractivity contribution in [2.45, 2.75) is 0 Å². The molecule has 0 saturated carbocycles. The fourth-order valence-electron chi connectivity index (χ4n) is 2.35. The lowest BCUT2D eigenvalue weighted by Gasteiger charge is -2.26. The van der Waals surface area contributed by atoms with Crippen molar-refractivity contribution in [1.82, 2.24) is 20.1 Å². The van der Waals surface area contributed by atoms with Gasteiger partial charge < -0.3 is 15.4 Å². The Morgan fingerprint density at radius 1 is 1.12 bits per heavy atom. The Balaban J connectivity index is 1.58. The van der Waals surface area contributed by atoms with Crippen molar-refractivity contribution in [2.24, 2.45) is 0 Å². The molecule has 2 aromatic rings. The monoisotopic (exact) mass is 354 g/mol. The minimum atomic E-state index is -1.56. The van der Waals surface area contributed by atoms with Crippen LogP contribution in [0.1, 0.15) is 0 Å². The lowest BCUT2D eigenvalue weighted by atomic mass is 10.3. The van der Waals surface area contributed by atoms with E-state index in [9.17, 15) is 13.2 Å². The molecule has 1 fully saturated rings. The summed E-state index contributed by atoms with van der Waals surface area (Å²) in [6, 6.07) is 1.88. The van der Waals surface area contributed by atoms with E-state index in [1.54, 1.807) is 0 Å². The van der Waals surface area contributed by atoms with Gasteiger partial charge in [-0.15, -0.1) is 5.10 Å². The predicted octanol–water partition coefficient (Wildman–Crippen LogP) is 1.78. The van der Waals surface area contributed by atoms with E-state index in [1.165, 1.54) is 6.20 Å². The van der Waals surface area contributed by atoms with Gasteiger partial charge in [-0.1, -0.05) is 0 Å². The lowest BCUT2D eigenvalue weighted by Crippen LogP contribution is -2.39. The average molecular weight is 354 g/mol. The van der Waals surface area contributed by atoms with Crippen LogP contribution in [0.25, 0.3) is 0 Å². The molecule has 0 bridgehead atoms. The maximum Gasteiger partial charge on any atom is 0.249 e. The van der Waals surface area contributed by atoms with E-state index >= 15 is 0 Å². The first-order valence-electron chi connectivity index (χ1n) is 7.77. The van der Waals surface area contributed by atoms with Gasteiger partial charge in [-0.05, 0) is 12.1 Å². The van der Waals surface area contributed by atoms with E-state index in [2.05, 4.69) is 30.7 Å². The van der Waals surface area contributed by atoms with Gasteiger partial charge in [-0.25, -0.2) is 13.2 Å². The molecule has 0 spiro atoms. The topological polar surface area (TPSA) is 75.2 Å². The van der Waals surface area contributed by atoms with E-state index in [0.717, 1.165) is 45.0 Å². The predicted molar refractivity (Wildman–Crippen MR) is 85.2 cm³/mol. The number of nitrogens with zero attached hydrogens (tertiary/aromatic N) is 4. The molecular formula is C15H17F3N6O. The highest BCUT2D eigenvalue weighted by Gasteiger charge is 2.14. The Kier molecular flexibility index (Phi) is 5.61. The Labute approximate surface area is 142 Å². The quantitative estimate of drug-likeness (QED) is 0.766. The summed E-state index contributed by atoms with van der Waals surface area (Å²) in [6.45, 7) is 4.66.